The highest BCUT2D eigenvalue weighted by molar-refractivity contribution is 5.15. The smallest absolute Gasteiger partial charge is 0.0643 e. The summed E-state index contributed by atoms with van der Waals surface area (Å²) in [5, 5.41) is 16.1. The van der Waals surface area contributed by atoms with E-state index < -0.39 is 0 Å². The normalized spacial score (nSPS) is 17.2. The molecule has 0 radical (unpaired) electrons. The summed E-state index contributed by atoms with van der Waals surface area (Å²) in [5.41, 5.74) is 2.31. The van der Waals surface area contributed by atoms with Gasteiger partial charge in [0, 0.05) is 24.9 Å². The highest BCUT2D eigenvalue weighted by Crippen LogP contribution is 2.29. The summed E-state index contributed by atoms with van der Waals surface area (Å²) in [5.74, 6) is 0. The lowest BCUT2D eigenvalue weighted by atomic mass is 10.0. The van der Waals surface area contributed by atoms with Crippen LogP contribution in [0.3, 0.4) is 0 Å². The molecular weight excluding hydrogens is 262 g/mol. The third-order valence-electron chi connectivity index (χ3n) is 4.24. The fourth-order valence-corrected chi connectivity index (χ4v) is 3.13. The molecule has 1 aliphatic carbocycles. The molecule has 3 rings (SSSR count). The van der Waals surface area contributed by atoms with Crippen molar-refractivity contribution in [2.24, 2.45) is 0 Å². The highest BCUT2D eigenvalue weighted by atomic mass is 15.3. The Balaban J connectivity index is 1.71. The van der Waals surface area contributed by atoms with Gasteiger partial charge in [-0.15, -0.1) is 0 Å². The van der Waals surface area contributed by atoms with E-state index in [1.807, 2.05) is 12.3 Å². The van der Waals surface area contributed by atoms with Gasteiger partial charge in [0.2, 0.25) is 0 Å². The highest BCUT2D eigenvalue weighted by Gasteiger charge is 2.19. The molecule has 0 aromatic carbocycles. The number of rotatable bonds is 6. The van der Waals surface area contributed by atoms with Gasteiger partial charge in [0.15, 0.2) is 0 Å². The van der Waals surface area contributed by atoms with Gasteiger partial charge in [-0.25, -0.2) is 0 Å². The molecule has 0 saturated heterocycles. The first-order chi connectivity index (χ1) is 10.4. The second-order valence-corrected chi connectivity index (χ2v) is 5.72. The van der Waals surface area contributed by atoms with Gasteiger partial charge in [0.1, 0.15) is 0 Å². The molecule has 0 aliphatic heterocycles. The molecule has 1 N–H and O–H groups in total. The lowest BCUT2D eigenvalue weighted by Crippen LogP contribution is -2.23. The molecule has 1 fully saturated rings. The number of aromatic nitrogens is 4. The molecule has 1 aliphatic rings. The molecule has 5 heteroatoms. The van der Waals surface area contributed by atoms with E-state index >= 15 is 0 Å². The van der Waals surface area contributed by atoms with Crippen molar-refractivity contribution < 1.29 is 0 Å². The number of nitrogens with zero attached hydrogens (tertiary/aromatic N) is 4. The van der Waals surface area contributed by atoms with Crippen LogP contribution in [0, 0.1) is 0 Å². The molecule has 21 heavy (non-hydrogen) atoms. The first-order valence-electron chi connectivity index (χ1n) is 7.91. The standard InChI is InChI=1S/C16H23N5/c1-2-17-16(13-7-9-18-19-12-13)11-14-8-10-21(20-14)15-5-3-4-6-15/h7-10,12,15-17H,2-6,11H2,1H3. The Morgan fingerprint density at radius 1 is 1.29 bits per heavy atom. The zero-order chi connectivity index (χ0) is 14.5. The molecule has 5 nitrogen and oxygen atoms in total. The van der Waals surface area contributed by atoms with Gasteiger partial charge < -0.3 is 5.32 Å². The van der Waals surface area contributed by atoms with Crippen LogP contribution in [-0.4, -0.2) is 26.5 Å². The Labute approximate surface area is 125 Å². The average Bonchev–Trinajstić information content (AvgIpc) is 3.19. The van der Waals surface area contributed by atoms with E-state index in [1.165, 1.54) is 31.2 Å². The first kappa shape index (κ1) is 14.2. The van der Waals surface area contributed by atoms with Crippen LogP contribution in [0.2, 0.25) is 0 Å². The largest absolute Gasteiger partial charge is 0.310 e. The van der Waals surface area contributed by atoms with Crippen LogP contribution in [0.1, 0.15) is 55.9 Å². The summed E-state index contributed by atoms with van der Waals surface area (Å²) in [6, 6.07) is 5.03. The number of hydrogen-bond donors (Lipinski definition) is 1. The second kappa shape index (κ2) is 6.80. The molecular formula is C16H23N5. The summed E-state index contributed by atoms with van der Waals surface area (Å²) in [6.07, 6.45) is 11.8. The molecule has 1 saturated carbocycles. The molecule has 0 spiro atoms. The number of nitrogens with one attached hydrogen (secondary N) is 1. The van der Waals surface area contributed by atoms with Crippen LogP contribution in [0.15, 0.2) is 30.7 Å². The van der Waals surface area contributed by atoms with Gasteiger partial charge in [-0.05, 0) is 37.1 Å². The van der Waals surface area contributed by atoms with E-state index in [-0.39, 0.29) is 6.04 Å². The molecule has 0 bridgehead atoms. The van der Waals surface area contributed by atoms with Crippen molar-refractivity contribution in [2.45, 2.75) is 51.1 Å². The Morgan fingerprint density at radius 3 is 2.86 bits per heavy atom. The number of likely N-dealkylation sites (N-methyl/N-ethyl adjacent to an activating group) is 1. The molecule has 1 atom stereocenters. The predicted octanol–water partition coefficient (Wildman–Crippen LogP) is 2.68. The number of hydrogen-bond acceptors (Lipinski definition) is 4. The van der Waals surface area contributed by atoms with E-state index in [2.05, 4.69) is 39.4 Å². The van der Waals surface area contributed by atoms with Crippen molar-refractivity contribution in [1.82, 2.24) is 25.3 Å². The maximum Gasteiger partial charge on any atom is 0.0643 e. The monoisotopic (exact) mass is 285 g/mol. The SMILES string of the molecule is CCNC(Cc1ccn(C2CCCC2)n1)c1ccnnc1. The second-order valence-electron chi connectivity index (χ2n) is 5.72. The Bertz CT molecular complexity index is 545. The minimum atomic E-state index is 0.248. The van der Waals surface area contributed by atoms with Crippen molar-refractivity contribution in [1.29, 1.82) is 0 Å². The lowest BCUT2D eigenvalue weighted by Gasteiger charge is -2.16. The summed E-state index contributed by atoms with van der Waals surface area (Å²) < 4.78 is 2.16. The van der Waals surface area contributed by atoms with Gasteiger partial charge in [-0.1, -0.05) is 19.8 Å². The fraction of sp³-hybridized carbons (Fsp3) is 0.562. The third-order valence-corrected chi connectivity index (χ3v) is 4.24. The van der Waals surface area contributed by atoms with Crippen LogP contribution >= 0.6 is 0 Å². The topological polar surface area (TPSA) is 55.6 Å². The summed E-state index contributed by atoms with van der Waals surface area (Å²) >= 11 is 0. The Hall–Kier alpha value is -1.75. The lowest BCUT2D eigenvalue weighted by molar-refractivity contribution is 0.457. The molecule has 2 aromatic rings. The van der Waals surface area contributed by atoms with Crippen molar-refractivity contribution in [3.8, 4) is 0 Å². The maximum absolute atomic E-state index is 4.78. The van der Waals surface area contributed by atoms with E-state index in [9.17, 15) is 0 Å². The van der Waals surface area contributed by atoms with E-state index in [0.29, 0.717) is 6.04 Å². The summed E-state index contributed by atoms with van der Waals surface area (Å²) in [6.45, 7) is 3.05. The molecule has 112 valence electrons. The Kier molecular flexibility index (Phi) is 4.60. The van der Waals surface area contributed by atoms with Gasteiger partial charge >= 0.3 is 0 Å². The van der Waals surface area contributed by atoms with Gasteiger partial charge in [0.05, 0.1) is 17.9 Å². The van der Waals surface area contributed by atoms with Crippen LogP contribution in [-0.2, 0) is 6.42 Å². The molecule has 1 unspecified atom stereocenters. The molecule has 0 amide bonds. The summed E-state index contributed by atoms with van der Waals surface area (Å²) in [4.78, 5) is 0. The van der Waals surface area contributed by atoms with Gasteiger partial charge in [0.25, 0.3) is 0 Å². The van der Waals surface area contributed by atoms with Crippen molar-refractivity contribution in [2.75, 3.05) is 6.54 Å². The average molecular weight is 285 g/mol. The van der Waals surface area contributed by atoms with E-state index in [4.69, 9.17) is 5.10 Å². The zero-order valence-electron chi connectivity index (χ0n) is 12.6. The zero-order valence-corrected chi connectivity index (χ0v) is 12.6. The fourth-order valence-electron chi connectivity index (χ4n) is 3.13. The summed E-state index contributed by atoms with van der Waals surface area (Å²) in [7, 11) is 0. The van der Waals surface area contributed by atoms with E-state index in [0.717, 1.165) is 18.7 Å². The van der Waals surface area contributed by atoms with Crippen LogP contribution in [0.5, 0.6) is 0 Å². The quantitative estimate of drug-likeness (QED) is 0.886. The van der Waals surface area contributed by atoms with Crippen LogP contribution in [0.4, 0.5) is 0 Å². The van der Waals surface area contributed by atoms with E-state index in [1.54, 1.807) is 6.20 Å². The molecule has 2 aromatic heterocycles. The first-order valence-corrected chi connectivity index (χ1v) is 7.91. The minimum absolute atomic E-state index is 0.248. The van der Waals surface area contributed by atoms with Crippen molar-refractivity contribution in [3.63, 3.8) is 0 Å². The Morgan fingerprint density at radius 2 is 2.14 bits per heavy atom. The van der Waals surface area contributed by atoms with Crippen LogP contribution < -0.4 is 5.32 Å². The van der Waals surface area contributed by atoms with Crippen LogP contribution in [0.25, 0.3) is 0 Å². The third kappa shape index (κ3) is 3.47. The molecule has 2 heterocycles. The maximum atomic E-state index is 4.78. The van der Waals surface area contributed by atoms with Crippen molar-refractivity contribution in [3.05, 3.63) is 42.0 Å². The minimum Gasteiger partial charge on any atom is -0.310 e. The van der Waals surface area contributed by atoms with Gasteiger partial charge in [-0.2, -0.15) is 15.3 Å². The van der Waals surface area contributed by atoms with Gasteiger partial charge in [-0.3, -0.25) is 4.68 Å². The van der Waals surface area contributed by atoms with Crippen molar-refractivity contribution >= 4 is 0 Å². The predicted molar refractivity (Wildman–Crippen MR) is 81.9 cm³/mol.